The Balaban J connectivity index is 2.14. The van der Waals surface area contributed by atoms with E-state index in [1.807, 2.05) is 6.07 Å². The minimum Gasteiger partial charge on any atom is -0.464 e. The molecule has 0 aliphatic heterocycles. The number of carbonyl (C=O) groups is 2. The number of hydrogen-bond donors (Lipinski definition) is 1. The lowest BCUT2D eigenvalue weighted by Crippen LogP contribution is -2.28. The molecule has 5 nitrogen and oxygen atoms in total. The first kappa shape index (κ1) is 18.1. The summed E-state index contributed by atoms with van der Waals surface area (Å²) in [6, 6.07) is 12.1. The van der Waals surface area contributed by atoms with Gasteiger partial charge in [-0.1, -0.05) is 36.4 Å². The molecule has 0 aliphatic rings. The average molecular weight is 347 g/mol. The first-order valence-electron chi connectivity index (χ1n) is 7.23. The Morgan fingerprint density at radius 1 is 1.04 bits per heavy atom. The fourth-order valence-electron chi connectivity index (χ4n) is 1.92. The molecular weight excluding hydrogens is 332 g/mol. The average Bonchev–Trinajstić information content (AvgIpc) is 2.62. The summed E-state index contributed by atoms with van der Waals surface area (Å²) < 4.78 is 36.9. The first-order valence-corrected chi connectivity index (χ1v) is 7.23. The number of rotatable bonds is 5. The standard InChI is InChI=1S/C18H15F2NO4/c1-24-17(22)16(10-13-14(19)8-5-9-15(13)20)21-18(23)25-11-12-6-3-2-4-7-12/h2-10H,11H2,1H3,(H,21,23)/b16-10+. The quantitative estimate of drug-likeness (QED) is 0.665. The Morgan fingerprint density at radius 2 is 1.68 bits per heavy atom. The topological polar surface area (TPSA) is 64.6 Å². The van der Waals surface area contributed by atoms with Crippen LogP contribution in [-0.2, 0) is 20.9 Å². The van der Waals surface area contributed by atoms with Gasteiger partial charge in [-0.25, -0.2) is 18.4 Å². The number of alkyl carbamates (subject to hydrolysis) is 1. The van der Waals surface area contributed by atoms with Crippen molar-refractivity contribution in [3.05, 3.63) is 77.0 Å². The number of hydrogen-bond acceptors (Lipinski definition) is 4. The van der Waals surface area contributed by atoms with E-state index < -0.39 is 35.0 Å². The van der Waals surface area contributed by atoms with Crippen LogP contribution in [0.1, 0.15) is 11.1 Å². The zero-order valence-corrected chi connectivity index (χ0v) is 13.3. The SMILES string of the molecule is COC(=O)/C(=C\c1c(F)cccc1F)NC(=O)OCc1ccccc1. The number of nitrogens with one attached hydrogen (secondary N) is 1. The van der Waals surface area contributed by atoms with E-state index in [1.54, 1.807) is 24.3 Å². The molecule has 0 radical (unpaired) electrons. The van der Waals surface area contributed by atoms with Crippen LogP contribution >= 0.6 is 0 Å². The fourth-order valence-corrected chi connectivity index (χ4v) is 1.92. The van der Waals surface area contributed by atoms with Crippen LogP contribution in [0.4, 0.5) is 13.6 Å². The first-order chi connectivity index (χ1) is 12.0. The summed E-state index contributed by atoms with van der Waals surface area (Å²) in [5.74, 6) is -2.75. The maximum Gasteiger partial charge on any atom is 0.412 e. The number of benzene rings is 2. The second kappa shape index (κ2) is 8.58. The van der Waals surface area contributed by atoms with E-state index in [0.717, 1.165) is 30.9 Å². The lowest BCUT2D eigenvalue weighted by molar-refractivity contribution is -0.136. The van der Waals surface area contributed by atoms with E-state index >= 15 is 0 Å². The third kappa shape index (κ3) is 5.13. The van der Waals surface area contributed by atoms with Gasteiger partial charge in [0.25, 0.3) is 0 Å². The smallest absolute Gasteiger partial charge is 0.412 e. The molecule has 2 aromatic carbocycles. The van der Waals surface area contributed by atoms with Crippen molar-refractivity contribution in [2.75, 3.05) is 7.11 Å². The van der Waals surface area contributed by atoms with Crippen LogP contribution in [0.15, 0.2) is 54.2 Å². The van der Waals surface area contributed by atoms with Crippen LogP contribution in [0.5, 0.6) is 0 Å². The van der Waals surface area contributed by atoms with Crippen LogP contribution in [0, 0.1) is 11.6 Å². The molecule has 0 aliphatic carbocycles. The number of ether oxygens (including phenoxy) is 2. The van der Waals surface area contributed by atoms with E-state index in [-0.39, 0.29) is 6.61 Å². The number of esters is 1. The van der Waals surface area contributed by atoms with Gasteiger partial charge < -0.3 is 9.47 Å². The van der Waals surface area contributed by atoms with Gasteiger partial charge in [-0.2, -0.15) is 0 Å². The highest BCUT2D eigenvalue weighted by atomic mass is 19.1. The number of methoxy groups -OCH3 is 1. The highest BCUT2D eigenvalue weighted by Crippen LogP contribution is 2.16. The third-order valence-corrected chi connectivity index (χ3v) is 3.14. The second-order valence-corrected chi connectivity index (χ2v) is 4.87. The molecular formula is C18H15F2NO4. The molecule has 1 N–H and O–H groups in total. The van der Waals surface area contributed by atoms with Crippen molar-refractivity contribution in [1.82, 2.24) is 5.32 Å². The van der Waals surface area contributed by atoms with Gasteiger partial charge in [-0.3, -0.25) is 5.32 Å². The van der Waals surface area contributed by atoms with Crippen molar-refractivity contribution < 1.29 is 27.8 Å². The normalized spacial score (nSPS) is 10.9. The summed E-state index contributed by atoms with van der Waals surface area (Å²) in [6.45, 7) is -0.0326. The molecule has 7 heteroatoms. The zero-order valence-electron chi connectivity index (χ0n) is 13.3. The van der Waals surface area contributed by atoms with Crippen molar-refractivity contribution >= 4 is 18.1 Å². The fraction of sp³-hybridized carbons (Fsp3) is 0.111. The van der Waals surface area contributed by atoms with Crippen LogP contribution < -0.4 is 5.32 Å². The van der Waals surface area contributed by atoms with Crippen molar-refractivity contribution in [2.24, 2.45) is 0 Å². The number of carbonyl (C=O) groups excluding carboxylic acids is 2. The summed E-state index contributed by atoms with van der Waals surface area (Å²) in [6.07, 6.45) is -0.113. The van der Waals surface area contributed by atoms with E-state index in [1.165, 1.54) is 6.07 Å². The Kier molecular flexibility index (Phi) is 6.22. The maximum absolute atomic E-state index is 13.7. The van der Waals surface area contributed by atoms with Gasteiger partial charge in [0.05, 0.1) is 7.11 Å². The van der Waals surface area contributed by atoms with Gasteiger partial charge in [0, 0.05) is 5.56 Å². The van der Waals surface area contributed by atoms with Crippen molar-refractivity contribution in [3.63, 3.8) is 0 Å². The minimum atomic E-state index is -0.973. The summed E-state index contributed by atoms with van der Waals surface area (Å²) in [7, 11) is 1.07. The molecule has 0 saturated heterocycles. The van der Waals surface area contributed by atoms with Gasteiger partial charge in [0.15, 0.2) is 0 Å². The van der Waals surface area contributed by atoms with Crippen molar-refractivity contribution in [2.45, 2.75) is 6.61 Å². The largest absolute Gasteiger partial charge is 0.464 e. The highest BCUT2D eigenvalue weighted by molar-refractivity contribution is 5.96. The molecule has 1 amide bonds. The van der Waals surface area contributed by atoms with Gasteiger partial charge in [-0.05, 0) is 23.8 Å². The molecule has 0 heterocycles. The molecule has 25 heavy (non-hydrogen) atoms. The van der Waals surface area contributed by atoms with E-state index in [2.05, 4.69) is 10.1 Å². The molecule has 2 aromatic rings. The van der Waals surface area contributed by atoms with Gasteiger partial charge in [-0.15, -0.1) is 0 Å². The summed E-state index contributed by atoms with van der Waals surface area (Å²) >= 11 is 0. The molecule has 0 atom stereocenters. The molecule has 0 spiro atoms. The minimum absolute atomic E-state index is 0.0326. The van der Waals surface area contributed by atoms with E-state index in [0.29, 0.717) is 0 Å². The maximum atomic E-state index is 13.7. The molecule has 0 aromatic heterocycles. The predicted octanol–water partition coefficient (Wildman–Crippen LogP) is 3.41. The monoisotopic (exact) mass is 347 g/mol. The van der Waals surface area contributed by atoms with E-state index in [4.69, 9.17) is 4.74 Å². The Morgan fingerprint density at radius 3 is 2.28 bits per heavy atom. The summed E-state index contributed by atoms with van der Waals surface area (Å²) in [5.41, 5.74) is -0.197. The van der Waals surface area contributed by atoms with Crippen LogP contribution in [0.2, 0.25) is 0 Å². The Hall–Kier alpha value is -3.22. The van der Waals surface area contributed by atoms with Crippen molar-refractivity contribution in [3.8, 4) is 0 Å². The molecule has 0 unspecified atom stereocenters. The summed E-state index contributed by atoms with van der Waals surface area (Å²) in [4.78, 5) is 23.6. The Labute approximate surface area is 142 Å². The second-order valence-electron chi connectivity index (χ2n) is 4.87. The summed E-state index contributed by atoms with van der Waals surface area (Å²) in [5, 5.41) is 2.13. The predicted molar refractivity (Wildman–Crippen MR) is 86.1 cm³/mol. The Bertz CT molecular complexity index is 771. The molecule has 0 fully saturated rings. The molecule has 130 valence electrons. The molecule has 0 saturated carbocycles. The van der Waals surface area contributed by atoms with Gasteiger partial charge in [0.1, 0.15) is 23.9 Å². The van der Waals surface area contributed by atoms with Crippen LogP contribution in [0.3, 0.4) is 0 Å². The van der Waals surface area contributed by atoms with Crippen LogP contribution in [-0.4, -0.2) is 19.2 Å². The lowest BCUT2D eigenvalue weighted by atomic mass is 10.1. The van der Waals surface area contributed by atoms with Gasteiger partial charge in [0.2, 0.25) is 0 Å². The van der Waals surface area contributed by atoms with Crippen LogP contribution in [0.25, 0.3) is 6.08 Å². The molecule has 0 bridgehead atoms. The highest BCUT2D eigenvalue weighted by Gasteiger charge is 2.17. The number of amides is 1. The lowest BCUT2D eigenvalue weighted by Gasteiger charge is -2.10. The van der Waals surface area contributed by atoms with Gasteiger partial charge >= 0.3 is 12.1 Å². The van der Waals surface area contributed by atoms with E-state index in [9.17, 15) is 18.4 Å². The zero-order chi connectivity index (χ0) is 18.2. The third-order valence-electron chi connectivity index (χ3n) is 3.14. The number of halogens is 2. The molecule has 2 rings (SSSR count). The van der Waals surface area contributed by atoms with Crippen molar-refractivity contribution in [1.29, 1.82) is 0 Å².